The zero-order chi connectivity index (χ0) is 10.5. The number of nitrogens with zero attached hydrogens (tertiary/aromatic N) is 2. The Morgan fingerprint density at radius 1 is 1.06 bits per heavy atom. The maximum absolute atomic E-state index is 8.88. The highest BCUT2D eigenvalue weighted by Crippen LogP contribution is 2.11. The van der Waals surface area contributed by atoms with E-state index in [1.807, 2.05) is 42.5 Å². The smallest absolute Gasteiger partial charge is 0.143 e. The predicted octanol–water partition coefficient (Wildman–Crippen LogP) is 3.12. The number of benzene rings is 1. The highest BCUT2D eigenvalue weighted by molar-refractivity contribution is 8.93. The Kier molecular flexibility index (Phi) is 4.68. The zero-order valence-corrected chi connectivity index (χ0v) is 10.3. The fourth-order valence-electron chi connectivity index (χ4n) is 1.50. The van der Waals surface area contributed by atoms with Crippen molar-refractivity contribution in [2.75, 3.05) is 0 Å². The minimum atomic E-state index is 0. The van der Waals surface area contributed by atoms with Crippen molar-refractivity contribution in [3.05, 3.63) is 65.5 Å². The average molecular weight is 275 g/mol. The standard InChI is InChI=1S/C13H10N2.BrH/c14-10-13-12(7-4-8-15-13)9-11-5-2-1-3-6-11;/h1-8H,9H2;1H. The molecule has 0 unspecified atom stereocenters. The number of pyridine rings is 1. The third kappa shape index (κ3) is 2.91. The van der Waals surface area contributed by atoms with Gasteiger partial charge in [0.15, 0.2) is 0 Å². The SMILES string of the molecule is Br.N#Cc1ncccc1Cc1ccccc1. The number of nitriles is 1. The van der Waals surface area contributed by atoms with Gasteiger partial charge in [0, 0.05) is 12.6 Å². The van der Waals surface area contributed by atoms with Crippen LogP contribution in [0.4, 0.5) is 0 Å². The first-order valence-corrected chi connectivity index (χ1v) is 4.78. The molecule has 80 valence electrons. The molecule has 0 saturated heterocycles. The molecule has 0 bridgehead atoms. The van der Waals surface area contributed by atoms with Crippen molar-refractivity contribution in [2.45, 2.75) is 6.42 Å². The maximum Gasteiger partial charge on any atom is 0.143 e. The van der Waals surface area contributed by atoms with Gasteiger partial charge in [-0.2, -0.15) is 5.26 Å². The number of aromatic nitrogens is 1. The van der Waals surface area contributed by atoms with Crippen LogP contribution in [-0.4, -0.2) is 4.98 Å². The summed E-state index contributed by atoms with van der Waals surface area (Å²) in [6.45, 7) is 0. The number of rotatable bonds is 2. The molecule has 1 aromatic carbocycles. The molecule has 2 aromatic rings. The Hall–Kier alpha value is -1.66. The molecule has 0 radical (unpaired) electrons. The first kappa shape index (κ1) is 12.4. The van der Waals surface area contributed by atoms with Crippen LogP contribution >= 0.6 is 17.0 Å². The fourth-order valence-corrected chi connectivity index (χ4v) is 1.50. The van der Waals surface area contributed by atoms with E-state index in [4.69, 9.17) is 5.26 Å². The summed E-state index contributed by atoms with van der Waals surface area (Å²) in [6, 6.07) is 16.0. The molecule has 1 aromatic heterocycles. The van der Waals surface area contributed by atoms with Crippen LogP contribution in [0.25, 0.3) is 0 Å². The molecule has 2 nitrogen and oxygen atoms in total. The first-order valence-electron chi connectivity index (χ1n) is 4.78. The molecule has 0 amide bonds. The van der Waals surface area contributed by atoms with Gasteiger partial charge in [-0.3, -0.25) is 0 Å². The Balaban J connectivity index is 0.00000128. The Labute approximate surface area is 105 Å². The van der Waals surface area contributed by atoms with Gasteiger partial charge in [-0.15, -0.1) is 17.0 Å². The van der Waals surface area contributed by atoms with Crippen molar-refractivity contribution in [2.24, 2.45) is 0 Å². The topological polar surface area (TPSA) is 36.7 Å². The van der Waals surface area contributed by atoms with E-state index in [1.54, 1.807) is 6.20 Å². The van der Waals surface area contributed by atoms with Crippen molar-refractivity contribution in [1.29, 1.82) is 5.26 Å². The van der Waals surface area contributed by atoms with Crippen LogP contribution in [0.3, 0.4) is 0 Å². The molecule has 0 atom stereocenters. The molecule has 0 aliphatic rings. The molecular weight excluding hydrogens is 264 g/mol. The second kappa shape index (κ2) is 6.04. The summed E-state index contributed by atoms with van der Waals surface area (Å²) in [4.78, 5) is 4.03. The van der Waals surface area contributed by atoms with Crippen LogP contribution in [0.2, 0.25) is 0 Å². The van der Waals surface area contributed by atoms with Crippen LogP contribution in [0.15, 0.2) is 48.7 Å². The third-order valence-corrected chi connectivity index (χ3v) is 2.23. The van der Waals surface area contributed by atoms with Crippen molar-refractivity contribution >= 4 is 17.0 Å². The van der Waals surface area contributed by atoms with Gasteiger partial charge in [-0.05, 0) is 17.2 Å². The monoisotopic (exact) mass is 274 g/mol. The highest BCUT2D eigenvalue weighted by Gasteiger charge is 2.02. The number of hydrogen-bond donors (Lipinski definition) is 0. The van der Waals surface area contributed by atoms with Crippen LogP contribution in [0.1, 0.15) is 16.8 Å². The summed E-state index contributed by atoms with van der Waals surface area (Å²) in [5, 5.41) is 8.88. The lowest BCUT2D eigenvalue weighted by Gasteiger charge is -2.02. The van der Waals surface area contributed by atoms with Crippen LogP contribution in [-0.2, 0) is 6.42 Å². The predicted molar refractivity (Wildman–Crippen MR) is 68.5 cm³/mol. The van der Waals surface area contributed by atoms with Gasteiger partial charge >= 0.3 is 0 Å². The molecule has 0 N–H and O–H groups in total. The lowest BCUT2D eigenvalue weighted by Crippen LogP contribution is -1.94. The van der Waals surface area contributed by atoms with Crippen LogP contribution < -0.4 is 0 Å². The van der Waals surface area contributed by atoms with Gasteiger partial charge < -0.3 is 0 Å². The van der Waals surface area contributed by atoms with Gasteiger partial charge in [0.05, 0.1) is 0 Å². The zero-order valence-electron chi connectivity index (χ0n) is 8.63. The molecule has 0 aliphatic carbocycles. The minimum absolute atomic E-state index is 0. The lowest BCUT2D eigenvalue weighted by atomic mass is 10.0. The van der Waals surface area contributed by atoms with Gasteiger partial charge in [-0.25, -0.2) is 4.98 Å². The van der Waals surface area contributed by atoms with Crippen LogP contribution in [0.5, 0.6) is 0 Å². The molecule has 3 heteroatoms. The van der Waals surface area contributed by atoms with Crippen molar-refractivity contribution in [3.8, 4) is 6.07 Å². The molecule has 2 rings (SSSR count). The molecule has 0 fully saturated rings. The summed E-state index contributed by atoms with van der Waals surface area (Å²) < 4.78 is 0. The van der Waals surface area contributed by atoms with E-state index in [2.05, 4.69) is 11.1 Å². The minimum Gasteiger partial charge on any atom is -0.245 e. The Bertz CT molecular complexity index is 489. The molecule has 16 heavy (non-hydrogen) atoms. The Morgan fingerprint density at radius 3 is 2.50 bits per heavy atom. The van der Waals surface area contributed by atoms with E-state index < -0.39 is 0 Å². The van der Waals surface area contributed by atoms with Crippen molar-refractivity contribution < 1.29 is 0 Å². The van der Waals surface area contributed by atoms with E-state index in [1.165, 1.54) is 5.56 Å². The summed E-state index contributed by atoms with van der Waals surface area (Å²) >= 11 is 0. The van der Waals surface area contributed by atoms with E-state index in [0.29, 0.717) is 5.69 Å². The largest absolute Gasteiger partial charge is 0.245 e. The van der Waals surface area contributed by atoms with E-state index >= 15 is 0 Å². The third-order valence-electron chi connectivity index (χ3n) is 2.23. The summed E-state index contributed by atoms with van der Waals surface area (Å²) in [5.74, 6) is 0. The van der Waals surface area contributed by atoms with E-state index in [-0.39, 0.29) is 17.0 Å². The normalized spacial score (nSPS) is 8.94. The van der Waals surface area contributed by atoms with Crippen molar-refractivity contribution in [1.82, 2.24) is 4.98 Å². The van der Waals surface area contributed by atoms with E-state index in [0.717, 1.165) is 12.0 Å². The highest BCUT2D eigenvalue weighted by atomic mass is 79.9. The fraction of sp³-hybridized carbons (Fsp3) is 0.0769. The molecule has 1 heterocycles. The average Bonchev–Trinajstić information content (AvgIpc) is 2.31. The van der Waals surface area contributed by atoms with Crippen LogP contribution in [0, 0.1) is 11.3 Å². The number of hydrogen-bond acceptors (Lipinski definition) is 2. The molecule has 0 spiro atoms. The summed E-state index contributed by atoms with van der Waals surface area (Å²) in [6.07, 6.45) is 2.41. The maximum atomic E-state index is 8.88. The summed E-state index contributed by atoms with van der Waals surface area (Å²) in [5.41, 5.74) is 2.69. The van der Waals surface area contributed by atoms with Gasteiger partial charge in [0.25, 0.3) is 0 Å². The summed E-state index contributed by atoms with van der Waals surface area (Å²) in [7, 11) is 0. The van der Waals surface area contributed by atoms with E-state index in [9.17, 15) is 0 Å². The molecule has 0 saturated carbocycles. The van der Waals surface area contributed by atoms with Gasteiger partial charge in [0.2, 0.25) is 0 Å². The lowest BCUT2D eigenvalue weighted by molar-refractivity contribution is 1.12. The molecule has 0 aliphatic heterocycles. The Morgan fingerprint density at radius 2 is 1.81 bits per heavy atom. The van der Waals surface area contributed by atoms with Crippen molar-refractivity contribution in [3.63, 3.8) is 0 Å². The second-order valence-corrected chi connectivity index (χ2v) is 3.29. The molecular formula is C13H11BrN2. The first-order chi connectivity index (χ1) is 7.40. The second-order valence-electron chi connectivity index (χ2n) is 3.29. The van der Waals surface area contributed by atoms with Gasteiger partial charge in [0.1, 0.15) is 11.8 Å². The number of halogens is 1. The van der Waals surface area contributed by atoms with Gasteiger partial charge in [-0.1, -0.05) is 36.4 Å². The quantitative estimate of drug-likeness (QED) is 0.844.